The molecule has 0 N–H and O–H groups in total. The summed E-state index contributed by atoms with van der Waals surface area (Å²) in [6.45, 7) is 3.51. The zero-order valence-electron chi connectivity index (χ0n) is 12.9. The first-order valence-corrected chi connectivity index (χ1v) is 9.06. The van der Waals surface area contributed by atoms with Crippen molar-refractivity contribution in [3.05, 3.63) is 76.8 Å². The van der Waals surface area contributed by atoms with Crippen molar-refractivity contribution in [3.63, 3.8) is 0 Å². The van der Waals surface area contributed by atoms with Gasteiger partial charge in [-0.2, -0.15) is 0 Å². The summed E-state index contributed by atoms with van der Waals surface area (Å²) in [4.78, 5) is 5.24. The smallest absolute Gasteiger partial charge is 0.0600 e. The molecular formula is C20H19BrN2. The van der Waals surface area contributed by atoms with Gasteiger partial charge in [0.25, 0.3) is 0 Å². The van der Waals surface area contributed by atoms with Gasteiger partial charge >= 0.3 is 0 Å². The number of anilines is 1. The highest BCUT2D eigenvalue weighted by Gasteiger charge is 2.64. The lowest BCUT2D eigenvalue weighted by molar-refractivity contribution is 0.325. The third-order valence-electron chi connectivity index (χ3n) is 5.68. The first-order chi connectivity index (χ1) is 11.3. The number of para-hydroxylation sites is 1. The third kappa shape index (κ3) is 2.10. The average Bonchev–Trinajstić information content (AvgIpc) is 3.20. The maximum Gasteiger partial charge on any atom is 0.0600 e. The van der Waals surface area contributed by atoms with Crippen LogP contribution in [0.3, 0.4) is 0 Å². The van der Waals surface area contributed by atoms with Gasteiger partial charge in [-0.05, 0) is 29.8 Å². The second-order valence-corrected chi connectivity index (χ2v) is 7.85. The highest BCUT2D eigenvalue weighted by atomic mass is 79.9. The van der Waals surface area contributed by atoms with Gasteiger partial charge in [-0.1, -0.05) is 58.4 Å². The fourth-order valence-corrected chi connectivity index (χ4v) is 4.66. The van der Waals surface area contributed by atoms with Crippen LogP contribution < -0.4 is 4.90 Å². The molecule has 2 aromatic rings. The van der Waals surface area contributed by atoms with E-state index in [9.17, 15) is 0 Å². The van der Waals surface area contributed by atoms with Crippen LogP contribution in [0.5, 0.6) is 0 Å². The van der Waals surface area contributed by atoms with Crippen LogP contribution in [-0.2, 0) is 0 Å². The minimum absolute atomic E-state index is 0.363. The molecule has 4 atom stereocenters. The van der Waals surface area contributed by atoms with Gasteiger partial charge in [0, 0.05) is 35.7 Å². The molecule has 0 aliphatic carbocycles. The summed E-state index contributed by atoms with van der Waals surface area (Å²) in [5.41, 5.74) is 3.12. The maximum atomic E-state index is 3.53. The molecule has 2 fully saturated rings. The predicted molar refractivity (Wildman–Crippen MR) is 97.6 cm³/mol. The SMILES string of the molecule is Brc1ccc([C@@H]2C=C[C@@H]3CN(c4ccccc4)C[C@]34CN24)cc1. The second kappa shape index (κ2) is 4.96. The summed E-state index contributed by atoms with van der Waals surface area (Å²) in [6.07, 6.45) is 4.88. The van der Waals surface area contributed by atoms with Crippen LogP contribution in [0.1, 0.15) is 11.6 Å². The van der Waals surface area contributed by atoms with Crippen molar-refractivity contribution < 1.29 is 0 Å². The molecule has 1 spiro atoms. The van der Waals surface area contributed by atoms with Gasteiger partial charge in [-0.25, -0.2) is 0 Å². The Morgan fingerprint density at radius 3 is 2.48 bits per heavy atom. The number of nitrogens with zero attached hydrogens (tertiary/aromatic N) is 2. The van der Waals surface area contributed by atoms with Crippen molar-refractivity contribution in [3.8, 4) is 0 Å². The first kappa shape index (κ1) is 13.8. The van der Waals surface area contributed by atoms with Crippen LogP contribution in [0.4, 0.5) is 5.69 Å². The molecule has 0 saturated carbocycles. The van der Waals surface area contributed by atoms with E-state index < -0.39 is 0 Å². The Labute approximate surface area is 145 Å². The average molecular weight is 367 g/mol. The largest absolute Gasteiger partial charge is 0.369 e. The van der Waals surface area contributed by atoms with Gasteiger partial charge in [0.1, 0.15) is 0 Å². The van der Waals surface area contributed by atoms with Gasteiger partial charge in [0.05, 0.1) is 11.6 Å². The van der Waals surface area contributed by atoms with Gasteiger partial charge in [0.2, 0.25) is 0 Å². The molecule has 1 unspecified atom stereocenters. The standard InChI is InChI=1S/C20H19BrN2/c21-17-9-6-15(7-10-17)19-11-8-16-12-22(13-20(16)14-23(19)20)18-4-2-1-3-5-18/h1-11,16,19H,12-14H2/t16-,19+,20+,23?/m1/s1. The van der Waals surface area contributed by atoms with Crippen molar-refractivity contribution in [2.24, 2.45) is 5.92 Å². The summed E-state index contributed by atoms with van der Waals surface area (Å²) in [5, 5.41) is 0. The fraction of sp³-hybridized carbons (Fsp3) is 0.300. The fourth-order valence-electron chi connectivity index (χ4n) is 4.40. The lowest BCUT2D eigenvalue weighted by Crippen LogP contribution is -2.32. The van der Waals surface area contributed by atoms with Gasteiger partial charge in [0.15, 0.2) is 0 Å². The van der Waals surface area contributed by atoms with E-state index in [-0.39, 0.29) is 0 Å². The van der Waals surface area contributed by atoms with Crippen molar-refractivity contribution in [1.29, 1.82) is 0 Å². The molecule has 0 amide bonds. The Kier molecular flexibility index (Phi) is 2.98. The van der Waals surface area contributed by atoms with Crippen molar-refractivity contribution in [2.75, 3.05) is 24.5 Å². The van der Waals surface area contributed by atoms with E-state index in [1.165, 1.54) is 17.8 Å². The number of rotatable bonds is 2. The number of hydrogen-bond donors (Lipinski definition) is 0. The lowest BCUT2D eigenvalue weighted by atomic mass is 9.90. The van der Waals surface area contributed by atoms with Crippen LogP contribution in [0.2, 0.25) is 0 Å². The molecule has 3 aliphatic heterocycles. The minimum Gasteiger partial charge on any atom is -0.369 e. The van der Waals surface area contributed by atoms with Crippen molar-refractivity contribution in [2.45, 2.75) is 11.6 Å². The molecule has 0 aromatic heterocycles. The zero-order valence-corrected chi connectivity index (χ0v) is 14.5. The molecule has 2 aromatic carbocycles. The molecule has 116 valence electrons. The van der Waals surface area contributed by atoms with Gasteiger partial charge < -0.3 is 4.90 Å². The van der Waals surface area contributed by atoms with Crippen molar-refractivity contribution in [1.82, 2.24) is 4.90 Å². The van der Waals surface area contributed by atoms with Gasteiger partial charge in [-0.3, -0.25) is 4.90 Å². The number of benzene rings is 2. The molecule has 2 saturated heterocycles. The molecule has 3 heteroatoms. The summed E-state index contributed by atoms with van der Waals surface area (Å²) < 4.78 is 1.15. The minimum atomic E-state index is 0.363. The zero-order chi connectivity index (χ0) is 15.4. The summed E-state index contributed by atoms with van der Waals surface area (Å²) >= 11 is 3.53. The van der Waals surface area contributed by atoms with E-state index >= 15 is 0 Å². The second-order valence-electron chi connectivity index (χ2n) is 6.94. The van der Waals surface area contributed by atoms with Crippen molar-refractivity contribution >= 4 is 21.6 Å². The topological polar surface area (TPSA) is 6.25 Å². The lowest BCUT2D eigenvalue weighted by Gasteiger charge is -2.27. The van der Waals surface area contributed by atoms with Gasteiger partial charge in [-0.15, -0.1) is 0 Å². The Morgan fingerprint density at radius 1 is 0.913 bits per heavy atom. The Morgan fingerprint density at radius 2 is 1.70 bits per heavy atom. The normalized spacial score (nSPS) is 34.1. The monoisotopic (exact) mass is 366 g/mol. The van der Waals surface area contributed by atoms with Crippen LogP contribution in [-0.4, -0.2) is 30.1 Å². The molecule has 5 rings (SSSR count). The van der Waals surface area contributed by atoms with E-state index in [0.717, 1.165) is 17.6 Å². The molecular weight excluding hydrogens is 348 g/mol. The number of halogens is 1. The van der Waals surface area contributed by atoms with Crippen LogP contribution in [0, 0.1) is 5.92 Å². The van der Waals surface area contributed by atoms with E-state index in [4.69, 9.17) is 0 Å². The summed E-state index contributed by atoms with van der Waals surface area (Å²) in [7, 11) is 0. The van der Waals surface area contributed by atoms with Crippen LogP contribution >= 0.6 is 15.9 Å². The van der Waals surface area contributed by atoms with E-state index in [0.29, 0.717) is 17.5 Å². The molecule has 23 heavy (non-hydrogen) atoms. The van der Waals surface area contributed by atoms with Crippen LogP contribution in [0.25, 0.3) is 0 Å². The predicted octanol–water partition coefficient (Wildman–Crippen LogP) is 4.25. The summed E-state index contributed by atoms with van der Waals surface area (Å²) in [5.74, 6) is 0.661. The molecule has 2 nitrogen and oxygen atoms in total. The molecule has 3 heterocycles. The molecule has 3 aliphatic rings. The molecule has 0 bridgehead atoms. The van der Waals surface area contributed by atoms with Crippen LogP contribution in [0.15, 0.2) is 71.2 Å². The van der Waals surface area contributed by atoms with E-state index in [1.807, 2.05) is 0 Å². The molecule has 0 radical (unpaired) electrons. The number of hydrogen-bond acceptors (Lipinski definition) is 2. The quantitative estimate of drug-likeness (QED) is 0.578. The maximum absolute atomic E-state index is 3.53. The highest BCUT2D eigenvalue weighted by Crippen LogP contribution is 2.54. The van der Waals surface area contributed by atoms with E-state index in [2.05, 4.69) is 92.5 Å². The third-order valence-corrected chi connectivity index (χ3v) is 6.21. The Hall–Kier alpha value is -1.58. The first-order valence-electron chi connectivity index (χ1n) is 8.27. The van der Waals surface area contributed by atoms with E-state index in [1.54, 1.807) is 0 Å². The summed E-state index contributed by atoms with van der Waals surface area (Å²) in [6, 6.07) is 20.1. The highest BCUT2D eigenvalue weighted by molar-refractivity contribution is 9.10. The Balaban J connectivity index is 1.42. The Bertz CT molecular complexity index is 755.